The van der Waals surface area contributed by atoms with Crippen LogP contribution in [0.2, 0.25) is 0 Å². The smallest absolute Gasteiger partial charge is 0.201 e. The fourth-order valence-electron chi connectivity index (χ4n) is 3.75. The Morgan fingerprint density at radius 2 is 2.19 bits per heavy atom. The Morgan fingerprint density at radius 1 is 1.28 bits per heavy atom. The van der Waals surface area contributed by atoms with Gasteiger partial charge in [0, 0.05) is 29.8 Å². The highest BCUT2D eigenvalue weighted by Gasteiger charge is 2.14. The first kappa shape index (κ1) is 22.0. The van der Waals surface area contributed by atoms with Crippen LogP contribution in [0.15, 0.2) is 41.9 Å². The van der Waals surface area contributed by atoms with Gasteiger partial charge >= 0.3 is 0 Å². The molecule has 0 saturated heterocycles. The summed E-state index contributed by atoms with van der Waals surface area (Å²) in [6, 6.07) is 10.5. The van der Waals surface area contributed by atoms with Crippen LogP contribution in [0.3, 0.4) is 0 Å². The number of aromatic nitrogens is 6. The SMILES string of the molecule is CCCCc1ncc(C=C(Cc2cccs2)c2nn[nH]n2)n1Cc1ccc(OC)c(C)c1. The molecule has 0 amide bonds. The highest BCUT2D eigenvalue weighted by atomic mass is 32.1. The molecule has 0 atom stereocenters. The van der Waals surface area contributed by atoms with Gasteiger partial charge < -0.3 is 9.30 Å². The predicted octanol–water partition coefficient (Wildman–Crippen LogP) is 4.95. The maximum Gasteiger partial charge on any atom is 0.201 e. The lowest BCUT2D eigenvalue weighted by molar-refractivity contribution is 0.411. The zero-order valence-corrected chi connectivity index (χ0v) is 19.5. The van der Waals surface area contributed by atoms with E-state index in [0.29, 0.717) is 5.82 Å². The Balaban J connectivity index is 1.72. The van der Waals surface area contributed by atoms with E-state index in [1.54, 1.807) is 18.4 Å². The number of aryl methyl sites for hydroxylation is 2. The van der Waals surface area contributed by atoms with E-state index >= 15 is 0 Å². The number of nitrogens with zero attached hydrogens (tertiary/aromatic N) is 5. The van der Waals surface area contributed by atoms with Gasteiger partial charge in [-0.25, -0.2) is 4.98 Å². The van der Waals surface area contributed by atoms with Gasteiger partial charge in [-0.1, -0.05) is 31.5 Å². The highest BCUT2D eigenvalue weighted by molar-refractivity contribution is 7.10. The second-order valence-electron chi connectivity index (χ2n) is 7.75. The molecule has 0 radical (unpaired) electrons. The van der Waals surface area contributed by atoms with Crippen LogP contribution in [0.4, 0.5) is 0 Å². The maximum absolute atomic E-state index is 5.43. The third kappa shape index (κ3) is 5.13. The van der Waals surface area contributed by atoms with Crippen LogP contribution < -0.4 is 4.74 Å². The molecule has 7 nitrogen and oxygen atoms in total. The molecule has 1 aromatic carbocycles. The van der Waals surface area contributed by atoms with Crippen molar-refractivity contribution in [2.24, 2.45) is 0 Å². The van der Waals surface area contributed by atoms with Crippen LogP contribution in [0.25, 0.3) is 11.6 Å². The average Bonchev–Trinajstić information content (AvgIpc) is 3.56. The fraction of sp³-hybridized carbons (Fsp3) is 0.333. The number of hydrogen-bond donors (Lipinski definition) is 1. The molecule has 1 N–H and O–H groups in total. The van der Waals surface area contributed by atoms with Crippen LogP contribution in [-0.2, 0) is 19.4 Å². The first-order valence-electron chi connectivity index (χ1n) is 10.8. The monoisotopic (exact) mass is 448 g/mol. The number of tetrazole rings is 1. The lowest BCUT2D eigenvalue weighted by Gasteiger charge is -2.13. The molecule has 0 spiro atoms. The van der Waals surface area contributed by atoms with Crippen LogP contribution in [0.5, 0.6) is 5.75 Å². The first-order chi connectivity index (χ1) is 15.7. The highest BCUT2D eigenvalue weighted by Crippen LogP contribution is 2.25. The molecule has 0 bridgehead atoms. The summed E-state index contributed by atoms with van der Waals surface area (Å²) in [5, 5.41) is 16.9. The van der Waals surface area contributed by atoms with Gasteiger partial charge in [-0.2, -0.15) is 5.21 Å². The quantitative estimate of drug-likeness (QED) is 0.371. The van der Waals surface area contributed by atoms with Gasteiger partial charge in [0.05, 0.1) is 19.0 Å². The third-order valence-electron chi connectivity index (χ3n) is 5.42. The molecule has 32 heavy (non-hydrogen) atoms. The Bertz CT molecular complexity index is 1160. The Hall–Kier alpha value is -3.26. The van der Waals surface area contributed by atoms with E-state index in [1.807, 2.05) is 12.3 Å². The summed E-state index contributed by atoms with van der Waals surface area (Å²) in [6.07, 6.45) is 8.02. The van der Waals surface area contributed by atoms with Crippen molar-refractivity contribution < 1.29 is 4.74 Å². The number of H-pyrrole nitrogens is 1. The number of unbranched alkanes of at least 4 members (excludes halogenated alkanes) is 1. The van der Waals surface area contributed by atoms with Crippen molar-refractivity contribution in [3.05, 3.63) is 75.3 Å². The molecule has 4 rings (SSSR count). The zero-order valence-electron chi connectivity index (χ0n) is 18.7. The number of methoxy groups -OCH3 is 1. The zero-order chi connectivity index (χ0) is 22.3. The molecule has 3 heterocycles. The summed E-state index contributed by atoms with van der Waals surface area (Å²) < 4.78 is 7.73. The predicted molar refractivity (Wildman–Crippen MR) is 128 cm³/mol. The van der Waals surface area contributed by atoms with Crippen molar-refractivity contribution >= 4 is 23.0 Å². The van der Waals surface area contributed by atoms with Crippen LogP contribution in [0.1, 0.15) is 53.1 Å². The number of ether oxygens (including phenoxy) is 1. The summed E-state index contributed by atoms with van der Waals surface area (Å²) in [7, 11) is 1.71. The Kier molecular flexibility index (Phi) is 7.11. The van der Waals surface area contributed by atoms with Gasteiger partial charge in [0.15, 0.2) is 0 Å². The summed E-state index contributed by atoms with van der Waals surface area (Å²) >= 11 is 1.73. The third-order valence-corrected chi connectivity index (χ3v) is 6.30. The number of allylic oxidation sites excluding steroid dienone is 1. The lowest BCUT2D eigenvalue weighted by atomic mass is 10.1. The molecular weight excluding hydrogens is 420 g/mol. The van der Waals surface area contributed by atoms with Crippen molar-refractivity contribution in [2.75, 3.05) is 7.11 Å². The molecule has 8 heteroatoms. The normalized spacial score (nSPS) is 11.8. The number of rotatable bonds is 10. The topological polar surface area (TPSA) is 81.5 Å². The van der Waals surface area contributed by atoms with Gasteiger partial charge in [0.25, 0.3) is 0 Å². The molecule has 0 aliphatic rings. The van der Waals surface area contributed by atoms with Crippen molar-refractivity contribution in [2.45, 2.75) is 46.1 Å². The lowest BCUT2D eigenvalue weighted by Crippen LogP contribution is -2.08. The molecule has 3 aromatic heterocycles. The average molecular weight is 449 g/mol. The van der Waals surface area contributed by atoms with Crippen LogP contribution >= 0.6 is 11.3 Å². The number of aromatic amines is 1. The van der Waals surface area contributed by atoms with Crippen LogP contribution in [-0.4, -0.2) is 37.3 Å². The van der Waals surface area contributed by atoms with E-state index in [1.165, 1.54) is 10.4 Å². The fourth-order valence-corrected chi connectivity index (χ4v) is 4.48. The molecule has 0 saturated carbocycles. The first-order valence-corrected chi connectivity index (χ1v) is 11.7. The van der Waals surface area contributed by atoms with E-state index in [9.17, 15) is 0 Å². The minimum Gasteiger partial charge on any atom is -0.496 e. The molecule has 4 aromatic rings. The summed E-state index contributed by atoms with van der Waals surface area (Å²) in [6.45, 7) is 5.02. The van der Waals surface area contributed by atoms with E-state index in [0.717, 1.165) is 60.6 Å². The second-order valence-corrected chi connectivity index (χ2v) is 8.79. The number of hydrogen-bond acceptors (Lipinski definition) is 6. The van der Waals surface area contributed by atoms with Crippen LogP contribution in [0, 0.1) is 6.92 Å². The molecule has 166 valence electrons. The van der Waals surface area contributed by atoms with Gasteiger partial charge in [-0.15, -0.1) is 21.5 Å². The number of nitrogens with one attached hydrogen (secondary N) is 1. The number of benzene rings is 1. The minimum absolute atomic E-state index is 0.613. The number of imidazole rings is 1. The van der Waals surface area contributed by atoms with Crippen molar-refractivity contribution in [3.8, 4) is 5.75 Å². The van der Waals surface area contributed by atoms with E-state index in [-0.39, 0.29) is 0 Å². The maximum atomic E-state index is 5.43. The summed E-state index contributed by atoms with van der Waals surface area (Å²) in [5.41, 5.74) is 4.40. The summed E-state index contributed by atoms with van der Waals surface area (Å²) in [5.74, 6) is 2.61. The molecular formula is C24H28N6OS. The Morgan fingerprint density at radius 3 is 2.88 bits per heavy atom. The van der Waals surface area contributed by atoms with E-state index < -0.39 is 0 Å². The van der Waals surface area contributed by atoms with Crippen molar-refractivity contribution in [1.29, 1.82) is 0 Å². The number of thiophene rings is 1. The van der Waals surface area contributed by atoms with E-state index in [4.69, 9.17) is 9.72 Å². The molecule has 0 aliphatic carbocycles. The largest absolute Gasteiger partial charge is 0.496 e. The standard InChI is InChI=1S/C24H28N6OS/c1-4-5-8-23-25-15-20(30(23)16-18-9-10-22(31-3)17(2)12-18)13-19(24-26-28-29-27-24)14-21-7-6-11-32-21/h6-7,9-13,15H,4-5,8,14,16H2,1-3H3,(H,26,27,28,29). The Labute approximate surface area is 192 Å². The van der Waals surface area contributed by atoms with Gasteiger partial charge in [0.1, 0.15) is 11.6 Å². The molecule has 0 fully saturated rings. The van der Waals surface area contributed by atoms with Gasteiger partial charge in [0.2, 0.25) is 5.82 Å². The molecule has 0 unspecified atom stereocenters. The molecule has 0 aliphatic heterocycles. The second kappa shape index (κ2) is 10.4. The van der Waals surface area contributed by atoms with Crippen molar-refractivity contribution in [1.82, 2.24) is 30.2 Å². The minimum atomic E-state index is 0.613. The summed E-state index contributed by atoms with van der Waals surface area (Å²) in [4.78, 5) is 6.02. The van der Waals surface area contributed by atoms with Crippen molar-refractivity contribution in [3.63, 3.8) is 0 Å². The van der Waals surface area contributed by atoms with Gasteiger partial charge in [-0.05, 0) is 53.3 Å². The van der Waals surface area contributed by atoms with E-state index in [2.05, 4.69) is 74.8 Å². The van der Waals surface area contributed by atoms with Gasteiger partial charge in [-0.3, -0.25) is 0 Å².